The lowest BCUT2D eigenvalue weighted by Crippen LogP contribution is -2.50. The molecule has 0 aliphatic carbocycles. The highest BCUT2D eigenvalue weighted by Gasteiger charge is 2.21. The van der Waals surface area contributed by atoms with Crippen LogP contribution in [0.3, 0.4) is 0 Å². The Morgan fingerprint density at radius 2 is 1.58 bits per heavy atom. The zero-order valence-electron chi connectivity index (χ0n) is 17.2. The van der Waals surface area contributed by atoms with Gasteiger partial charge in [-0.2, -0.15) is 0 Å². The van der Waals surface area contributed by atoms with Crippen molar-refractivity contribution in [1.29, 1.82) is 0 Å². The van der Waals surface area contributed by atoms with Gasteiger partial charge in [-0.05, 0) is 47.8 Å². The number of hydrogen-bond donors (Lipinski definition) is 1. The van der Waals surface area contributed by atoms with Gasteiger partial charge in [0.2, 0.25) is 5.91 Å². The van der Waals surface area contributed by atoms with Crippen molar-refractivity contribution in [2.24, 2.45) is 0 Å². The quantitative estimate of drug-likeness (QED) is 0.616. The fourth-order valence-corrected chi connectivity index (χ4v) is 4.19. The fourth-order valence-electron chi connectivity index (χ4n) is 3.45. The van der Waals surface area contributed by atoms with Gasteiger partial charge in [0.25, 0.3) is 5.91 Å². The number of para-hydroxylation sites is 1. The summed E-state index contributed by atoms with van der Waals surface area (Å²) in [5.41, 5.74) is 0.494. The molecule has 3 aromatic rings. The first-order chi connectivity index (χ1) is 15.2. The number of carbonyl (C=O) groups excluding carboxylic acids is 2. The first-order valence-corrected chi connectivity index (χ1v) is 11.2. The van der Waals surface area contributed by atoms with E-state index in [-0.39, 0.29) is 18.4 Å². The summed E-state index contributed by atoms with van der Waals surface area (Å²) in [6.45, 7) is 4.00. The van der Waals surface area contributed by atoms with E-state index in [0.717, 1.165) is 25.4 Å². The smallest absolute Gasteiger partial charge is 0.251 e. The Hall–Kier alpha value is -3.16. The number of benzene rings is 2. The first kappa shape index (κ1) is 21.1. The molecule has 1 aliphatic rings. The van der Waals surface area contributed by atoms with Crippen molar-refractivity contribution < 1.29 is 14.3 Å². The minimum Gasteiger partial charge on any atom is -0.457 e. The molecule has 0 spiro atoms. The highest BCUT2D eigenvalue weighted by molar-refractivity contribution is 7.09. The lowest BCUT2D eigenvalue weighted by molar-refractivity contribution is -0.131. The average Bonchev–Trinajstić information content (AvgIpc) is 3.32. The molecule has 0 bridgehead atoms. The topological polar surface area (TPSA) is 61.9 Å². The Kier molecular flexibility index (Phi) is 6.96. The molecule has 0 atom stereocenters. The minimum atomic E-state index is -0.268. The van der Waals surface area contributed by atoms with Crippen molar-refractivity contribution in [3.63, 3.8) is 0 Å². The Bertz CT molecular complexity index is 983. The van der Waals surface area contributed by atoms with E-state index < -0.39 is 0 Å². The van der Waals surface area contributed by atoms with Gasteiger partial charge in [-0.1, -0.05) is 24.3 Å². The van der Waals surface area contributed by atoms with Gasteiger partial charge in [0.05, 0.1) is 6.54 Å². The van der Waals surface area contributed by atoms with Crippen LogP contribution in [0.1, 0.15) is 15.2 Å². The average molecular weight is 436 g/mol. The van der Waals surface area contributed by atoms with Crippen molar-refractivity contribution in [1.82, 2.24) is 15.1 Å². The van der Waals surface area contributed by atoms with Crippen molar-refractivity contribution >= 4 is 23.2 Å². The van der Waals surface area contributed by atoms with Gasteiger partial charge in [-0.3, -0.25) is 14.5 Å². The highest BCUT2D eigenvalue weighted by Crippen LogP contribution is 2.21. The van der Waals surface area contributed by atoms with E-state index in [0.29, 0.717) is 24.4 Å². The van der Waals surface area contributed by atoms with Crippen LogP contribution in [0.4, 0.5) is 0 Å². The number of thiophene rings is 1. The van der Waals surface area contributed by atoms with Gasteiger partial charge in [0.15, 0.2) is 0 Å². The third-order valence-electron chi connectivity index (χ3n) is 5.18. The first-order valence-electron chi connectivity index (χ1n) is 10.3. The standard InChI is InChI=1S/C24H25N3O3S/c28-23(27-14-12-26(13-15-27)18-22-7-4-16-31-22)17-25-24(29)19-8-10-21(11-9-19)30-20-5-2-1-3-6-20/h1-11,16H,12-15,17-18H2,(H,25,29). The van der Waals surface area contributed by atoms with E-state index in [1.54, 1.807) is 35.6 Å². The number of ether oxygens (including phenoxy) is 1. The van der Waals surface area contributed by atoms with Crippen LogP contribution < -0.4 is 10.1 Å². The number of nitrogens with zero attached hydrogens (tertiary/aromatic N) is 2. The molecule has 2 aromatic carbocycles. The zero-order chi connectivity index (χ0) is 21.5. The third-order valence-corrected chi connectivity index (χ3v) is 6.04. The van der Waals surface area contributed by atoms with Gasteiger partial charge >= 0.3 is 0 Å². The van der Waals surface area contributed by atoms with Crippen LogP contribution in [-0.4, -0.2) is 54.3 Å². The molecule has 1 fully saturated rings. The molecule has 2 heterocycles. The largest absolute Gasteiger partial charge is 0.457 e. The maximum Gasteiger partial charge on any atom is 0.251 e. The molecule has 4 rings (SSSR count). The van der Waals surface area contributed by atoms with Crippen LogP contribution in [0.5, 0.6) is 11.5 Å². The highest BCUT2D eigenvalue weighted by atomic mass is 32.1. The van der Waals surface area contributed by atoms with Crippen LogP contribution in [-0.2, 0) is 11.3 Å². The molecule has 1 aliphatic heterocycles. The third kappa shape index (κ3) is 5.93. The fraction of sp³-hybridized carbons (Fsp3) is 0.250. The molecule has 0 saturated carbocycles. The number of rotatable bonds is 7. The Balaban J connectivity index is 1.21. The predicted molar refractivity (Wildman–Crippen MR) is 121 cm³/mol. The van der Waals surface area contributed by atoms with E-state index >= 15 is 0 Å². The normalized spacial score (nSPS) is 14.3. The lowest BCUT2D eigenvalue weighted by Gasteiger charge is -2.34. The van der Waals surface area contributed by atoms with Crippen LogP contribution in [0.15, 0.2) is 72.1 Å². The van der Waals surface area contributed by atoms with E-state index in [1.807, 2.05) is 35.2 Å². The SMILES string of the molecule is O=C(NCC(=O)N1CCN(Cc2cccs2)CC1)c1ccc(Oc2ccccc2)cc1. The summed E-state index contributed by atoms with van der Waals surface area (Å²) in [6, 6.07) is 20.5. The van der Waals surface area contributed by atoms with E-state index in [2.05, 4.69) is 27.7 Å². The van der Waals surface area contributed by atoms with Gasteiger partial charge in [-0.25, -0.2) is 0 Å². The Labute approximate surface area is 186 Å². The van der Waals surface area contributed by atoms with E-state index in [1.165, 1.54) is 4.88 Å². The summed E-state index contributed by atoms with van der Waals surface area (Å²) in [6.07, 6.45) is 0. The molecule has 2 amide bonds. The summed E-state index contributed by atoms with van der Waals surface area (Å²) in [5.74, 6) is 1.07. The maximum atomic E-state index is 12.5. The van der Waals surface area contributed by atoms with Crippen molar-refractivity contribution in [3.8, 4) is 11.5 Å². The van der Waals surface area contributed by atoms with Crippen LogP contribution >= 0.6 is 11.3 Å². The zero-order valence-corrected chi connectivity index (χ0v) is 18.0. The molecule has 1 N–H and O–H groups in total. The number of hydrogen-bond acceptors (Lipinski definition) is 5. The van der Waals surface area contributed by atoms with E-state index in [9.17, 15) is 9.59 Å². The number of amides is 2. The van der Waals surface area contributed by atoms with Crippen LogP contribution in [0.25, 0.3) is 0 Å². The number of nitrogens with one attached hydrogen (secondary N) is 1. The van der Waals surface area contributed by atoms with Gasteiger partial charge < -0.3 is 15.0 Å². The summed E-state index contributed by atoms with van der Waals surface area (Å²) < 4.78 is 5.74. The van der Waals surface area contributed by atoms with Crippen LogP contribution in [0.2, 0.25) is 0 Å². The predicted octanol–water partition coefficient (Wildman–Crippen LogP) is 3.61. The molecule has 0 radical (unpaired) electrons. The van der Waals surface area contributed by atoms with E-state index in [4.69, 9.17) is 4.74 Å². The molecule has 7 heteroatoms. The Morgan fingerprint density at radius 1 is 0.871 bits per heavy atom. The molecule has 160 valence electrons. The summed E-state index contributed by atoms with van der Waals surface area (Å²) in [7, 11) is 0. The second kappa shape index (κ2) is 10.2. The second-order valence-electron chi connectivity index (χ2n) is 7.36. The van der Waals surface area contributed by atoms with Crippen molar-refractivity contribution in [2.75, 3.05) is 32.7 Å². The van der Waals surface area contributed by atoms with Gasteiger partial charge in [-0.15, -0.1) is 11.3 Å². The maximum absolute atomic E-state index is 12.5. The molecule has 1 aromatic heterocycles. The molecular weight excluding hydrogens is 410 g/mol. The summed E-state index contributed by atoms with van der Waals surface area (Å²) in [4.78, 5) is 30.4. The van der Waals surface area contributed by atoms with Crippen molar-refractivity contribution in [2.45, 2.75) is 6.54 Å². The van der Waals surface area contributed by atoms with Crippen LogP contribution in [0, 0.1) is 0 Å². The lowest BCUT2D eigenvalue weighted by atomic mass is 10.2. The Morgan fingerprint density at radius 3 is 2.26 bits per heavy atom. The van der Waals surface area contributed by atoms with Gasteiger partial charge in [0, 0.05) is 43.2 Å². The monoisotopic (exact) mass is 435 g/mol. The molecule has 1 saturated heterocycles. The molecule has 31 heavy (non-hydrogen) atoms. The molecular formula is C24H25N3O3S. The summed E-state index contributed by atoms with van der Waals surface area (Å²) in [5, 5.41) is 4.81. The number of piperazine rings is 1. The minimum absolute atomic E-state index is 0.00598. The molecule has 0 unspecified atom stereocenters. The van der Waals surface area contributed by atoms with Crippen molar-refractivity contribution in [3.05, 3.63) is 82.6 Å². The second-order valence-corrected chi connectivity index (χ2v) is 8.39. The van der Waals surface area contributed by atoms with Gasteiger partial charge in [0.1, 0.15) is 11.5 Å². The number of carbonyl (C=O) groups is 2. The summed E-state index contributed by atoms with van der Waals surface area (Å²) >= 11 is 1.76. The molecule has 6 nitrogen and oxygen atoms in total.